The molecule has 1 saturated heterocycles. The van der Waals surface area contributed by atoms with Crippen molar-refractivity contribution in [3.8, 4) is 17.0 Å². The van der Waals surface area contributed by atoms with Gasteiger partial charge in [0.1, 0.15) is 11.6 Å². The summed E-state index contributed by atoms with van der Waals surface area (Å²) in [5.74, 6) is -0.525. The minimum Gasteiger partial charge on any atom is -0.406 e. The van der Waals surface area contributed by atoms with Crippen LogP contribution in [0.25, 0.3) is 11.3 Å². The Morgan fingerprint density at radius 3 is 2.34 bits per heavy atom. The van der Waals surface area contributed by atoms with E-state index in [1.165, 1.54) is 24.3 Å². The summed E-state index contributed by atoms with van der Waals surface area (Å²) in [7, 11) is 0. The molecule has 0 saturated carbocycles. The van der Waals surface area contributed by atoms with E-state index in [2.05, 4.69) is 33.4 Å². The molecular weight excluding hydrogens is 422 g/mol. The predicted molar refractivity (Wildman–Crippen MR) is 115 cm³/mol. The number of ether oxygens (including phenoxy) is 1. The summed E-state index contributed by atoms with van der Waals surface area (Å²) in [6, 6.07) is 16.1. The van der Waals surface area contributed by atoms with E-state index in [1.807, 2.05) is 12.1 Å². The van der Waals surface area contributed by atoms with E-state index in [0.717, 1.165) is 29.1 Å². The number of halogens is 4. The van der Waals surface area contributed by atoms with Crippen molar-refractivity contribution in [2.24, 2.45) is 0 Å². The second-order valence-electron chi connectivity index (χ2n) is 8.45. The standard InChI is InChI=1S/C24H23F4N3O/c1-23(2)15-30(20-7-9-21(10-8-20)32-24(26,27)28)16-31(23)14-17-11-12-29-22(13-17)18-3-5-19(25)6-4-18/h3-13H,14-16H2,1-2H3. The molecule has 1 fully saturated rings. The zero-order valence-electron chi connectivity index (χ0n) is 17.7. The Bertz CT molecular complexity index is 1070. The highest BCUT2D eigenvalue weighted by molar-refractivity contribution is 5.59. The molecule has 0 unspecified atom stereocenters. The van der Waals surface area contributed by atoms with E-state index in [0.29, 0.717) is 13.2 Å². The Hall–Kier alpha value is -3.13. The lowest BCUT2D eigenvalue weighted by atomic mass is 10.0. The Kier molecular flexibility index (Phi) is 5.81. The second-order valence-corrected chi connectivity index (χ2v) is 8.45. The van der Waals surface area contributed by atoms with E-state index in [4.69, 9.17) is 0 Å². The molecule has 1 aliphatic heterocycles. The van der Waals surface area contributed by atoms with Gasteiger partial charge in [0.25, 0.3) is 0 Å². The molecule has 0 aliphatic carbocycles. The lowest BCUT2D eigenvalue weighted by Gasteiger charge is -2.29. The summed E-state index contributed by atoms with van der Waals surface area (Å²) in [4.78, 5) is 8.83. The molecule has 0 radical (unpaired) electrons. The maximum absolute atomic E-state index is 13.2. The highest BCUT2D eigenvalue weighted by Crippen LogP contribution is 2.32. The number of benzene rings is 2. The first-order valence-electron chi connectivity index (χ1n) is 10.2. The van der Waals surface area contributed by atoms with Crippen LogP contribution in [0.1, 0.15) is 19.4 Å². The average Bonchev–Trinajstić information content (AvgIpc) is 3.02. The normalized spacial score (nSPS) is 16.4. The zero-order valence-corrected chi connectivity index (χ0v) is 17.7. The van der Waals surface area contributed by atoms with E-state index in [9.17, 15) is 17.6 Å². The predicted octanol–water partition coefficient (Wildman–Crippen LogP) is 5.84. The molecule has 1 aliphatic rings. The fraction of sp³-hybridized carbons (Fsp3) is 0.292. The molecule has 0 spiro atoms. The average molecular weight is 445 g/mol. The van der Waals surface area contributed by atoms with Crippen LogP contribution in [0.15, 0.2) is 66.9 Å². The van der Waals surface area contributed by atoms with Crippen LogP contribution in [0.2, 0.25) is 0 Å². The summed E-state index contributed by atoms with van der Waals surface area (Å²) >= 11 is 0. The van der Waals surface area contributed by atoms with Gasteiger partial charge in [0, 0.05) is 36.1 Å². The van der Waals surface area contributed by atoms with E-state index in [1.54, 1.807) is 30.5 Å². The Morgan fingerprint density at radius 2 is 1.69 bits per heavy atom. The molecule has 8 heteroatoms. The highest BCUT2D eigenvalue weighted by atomic mass is 19.4. The molecule has 2 heterocycles. The maximum Gasteiger partial charge on any atom is 0.573 e. The number of nitrogens with zero attached hydrogens (tertiary/aromatic N) is 3. The van der Waals surface area contributed by atoms with Gasteiger partial charge in [-0.1, -0.05) is 0 Å². The van der Waals surface area contributed by atoms with Crippen LogP contribution >= 0.6 is 0 Å². The van der Waals surface area contributed by atoms with Gasteiger partial charge in [-0.3, -0.25) is 9.88 Å². The van der Waals surface area contributed by atoms with Gasteiger partial charge in [0.05, 0.1) is 12.4 Å². The van der Waals surface area contributed by atoms with Crippen LogP contribution in [0.4, 0.5) is 23.2 Å². The molecule has 3 aromatic rings. The quantitative estimate of drug-likeness (QED) is 0.461. The number of hydrogen-bond donors (Lipinski definition) is 0. The highest BCUT2D eigenvalue weighted by Gasteiger charge is 2.37. The van der Waals surface area contributed by atoms with Crippen molar-refractivity contribution < 1.29 is 22.3 Å². The lowest BCUT2D eigenvalue weighted by Crippen LogP contribution is -2.39. The number of rotatable bonds is 5. The summed E-state index contributed by atoms with van der Waals surface area (Å²) in [5, 5.41) is 0. The first-order chi connectivity index (χ1) is 15.1. The van der Waals surface area contributed by atoms with Gasteiger partial charge in [-0.2, -0.15) is 0 Å². The monoisotopic (exact) mass is 445 g/mol. The molecule has 1 aromatic heterocycles. The molecule has 2 aromatic carbocycles. The van der Waals surface area contributed by atoms with Crippen molar-refractivity contribution in [3.05, 3.63) is 78.2 Å². The molecule has 4 nitrogen and oxygen atoms in total. The van der Waals surface area contributed by atoms with Crippen molar-refractivity contribution in [2.45, 2.75) is 32.3 Å². The number of anilines is 1. The lowest BCUT2D eigenvalue weighted by molar-refractivity contribution is -0.274. The van der Waals surface area contributed by atoms with Crippen LogP contribution in [0.5, 0.6) is 5.75 Å². The van der Waals surface area contributed by atoms with Gasteiger partial charge < -0.3 is 9.64 Å². The van der Waals surface area contributed by atoms with Crippen LogP contribution in [-0.2, 0) is 6.54 Å². The van der Waals surface area contributed by atoms with Gasteiger partial charge >= 0.3 is 6.36 Å². The summed E-state index contributed by atoms with van der Waals surface area (Å²) in [6.07, 6.45) is -2.96. The molecule has 0 atom stereocenters. The number of alkyl halides is 3. The molecule has 168 valence electrons. The van der Waals surface area contributed by atoms with E-state index >= 15 is 0 Å². The van der Waals surface area contributed by atoms with Crippen LogP contribution in [0, 0.1) is 5.82 Å². The molecule has 32 heavy (non-hydrogen) atoms. The largest absolute Gasteiger partial charge is 0.573 e. The van der Waals surface area contributed by atoms with Crippen molar-refractivity contribution in [1.29, 1.82) is 0 Å². The van der Waals surface area contributed by atoms with Gasteiger partial charge in [0.2, 0.25) is 0 Å². The van der Waals surface area contributed by atoms with Gasteiger partial charge in [-0.15, -0.1) is 13.2 Å². The second kappa shape index (κ2) is 8.43. The fourth-order valence-electron chi connectivity index (χ4n) is 3.88. The summed E-state index contributed by atoms with van der Waals surface area (Å²) < 4.78 is 54.4. The summed E-state index contributed by atoms with van der Waals surface area (Å²) in [5.41, 5.74) is 3.37. The van der Waals surface area contributed by atoms with Gasteiger partial charge in [0.15, 0.2) is 0 Å². The summed E-state index contributed by atoms with van der Waals surface area (Å²) in [6.45, 7) is 6.30. The molecule has 0 N–H and O–H groups in total. The van der Waals surface area contributed by atoms with Crippen LogP contribution in [0.3, 0.4) is 0 Å². The molecule has 0 bridgehead atoms. The number of hydrogen-bond acceptors (Lipinski definition) is 4. The van der Waals surface area contributed by atoms with Crippen molar-refractivity contribution in [2.75, 3.05) is 18.1 Å². The van der Waals surface area contributed by atoms with Crippen molar-refractivity contribution >= 4 is 5.69 Å². The third-order valence-corrected chi connectivity index (χ3v) is 5.55. The Balaban J connectivity index is 1.47. The van der Waals surface area contributed by atoms with Crippen molar-refractivity contribution in [3.63, 3.8) is 0 Å². The first kappa shape index (κ1) is 22.1. The van der Waals surface area contributed by atoms with Crippen molar-refractivity contribution in [1.82, 2.24) is 9.88 Å². The van der Waals surface area contributed by atoms with E-state index in [-0.39, 0.29) is 17.1 Å². The minimum atomic E-state index is -4.70. The SMILES string of the molecule is CC1(C)CN(c2ccc(OC(F)(F)F)cc2)CN1Cc1ccnc(-c2ccc(F)cc2)c1. The van der Waals surface area contributed by atoms with Gasteiger partial charge in [-0.05, 0) is 80.1 Å². The topological polar surface area (TPSA) is 28.6 Å². The number of pyridine rings is 1. The van der Waals surface area contributed by atoms with Crippen LogP contribution in [-0.4, -0.2) is 35.0 Å². The Morgan fingerprint density at radius 1 is 1.00 bits per heavy atom. The Labute approximate surface area is 184 Å². The van der Waals surface area contributed by atoms with E-state index < -0.39 is 6.36 Å². The van der Waals surface area contributed by atoms with Crippen LogP contribution < -0.4 is 9.64 Å². The smallest absolute Gasteiger partial charge is 0.406 e. The van der Waals surface area contributed by atoms with Gasteiger partial charge in [-0.25, -0.2) is 4.39 Å². The molecule has 4 rings (SSSR count). The molecular formula is C24H23F4N3O. The zero-order chi connectivity index (χ0) is 22.9. The maximum atomic E-state index is 13.2. The minimum absolute atomic E-state index is 0.152. The first-order valence-corrected chi connectivity index (χ1v) is 10.2. The fourth-order valence-corrected chi connectivity index (χ4v) is 3.88. The molecule has 0 amide bonds. The third-order valence-electron chi connectivity index (χ3n) is 5.55. The number of aromatic nitrogens is 1. The third kappa shape index (κ3) is 5.19.